The summed E-state index contributed by atoms with van der Waals surface area (Å²) in [5.74, 6) is -0.0671. The van der Waals surface area contributed by atoms with Crippen LogP contribution in [0, 0.1) is 21.4 Å². The fourth-order valence-corrected chi connectivity index (χ4v) is 1.56. The van der Waals surface area contributed by atoms with Crippen LogP contribution in [0.1, 0.15) is 25.3 Å². The standard InChI is InChI=1S/C13H16N4O3/c1-2-6-16-13(18)5-7-15-11-4-3-10(9-14)12(8-11)17(19)20/h3-4,8,15H,2,5-7H2,1H3,(H,16,18). The Morgan fingerprint density at radius 1 is 1.45 bits per heavy atom. The van der Waals surface area contributed by atoms with Crippen LogP contribution in [0.2, 0.25) is 0 Å². The molecule has 7 nitrogen and oxygen atoms in total. The van der Waals surface area contributed by atoms with Crippen LogP contribution < -0.4 is 10.6 Å². The Kier molecular flexibility index (Phi) is 5.97. The minimum atomic E-state index is -0.600. The lowest BCUT2D eigenvalue weighted by Crippen LogP contribution is -2.25. The average Bonchev–Trinajstić information content (AvgIpc) is 2.44. The van der Waals surface area contributed by atoms with Gasteiger partial charge in [-0.15, -0.1) is 0 Å². The van der Waals surface area contributed by atoms with Crippen LogP contribution in [0.15, 0.2) is 18.2 Å². The number of carbonyl (C=O) groups excluding carboxylic acids is 1. The van der Waals surface area contributed by atoms with E-state index >= 15 is 0 Å². The molecule has 0 saturated carbocycles. The molecule has 0 aliphatic carbocycles. The molecule has 0 bridgehead atoms. The number of benzene rings is 1. The van der Waals surface area contributed by atoms with Gasteiger partial charge in [0.05, 0.1) is 4.92 Å². The van der Waals surface area contributed by atoms with Gasteiger partial charge in [0.2, 0.25) is 5.91 Å². The smallest absolute Gasteiger partial charge is 0.289 e. The first-order valence-corrected chi connectivity index (χ1v) is 6.27. The van der Waals surface area contributed by atoms with Gasteiger partial charge < -0.3 is 10.6 Å². The van der Waals surface area contributed by atoms with E-state index in [2.05, 4.69) is 10.6 Å². The van der Waals surface area contributed by atoms with Crippen molar-refractivity contribution in [2.45, 2.75) is 19.8 Å². The Morgan fingerprint density at radius 3 is 2.80 bits per heavy atom. The second kappa shape index (κ2) is 7.74. The Bertz CT molecular complexity index is 537. The number of hydrogen-bond acceptors (Lipinski definition) is 5. The fourth-order valence-electron chi connectivity index (χ4n) is 1.56. The van der Waals surface area contributed by atoms with Crippen LogP contribution in [0.4, 0.5) is 11.4 Å². The molecule has 1 aromatic rings. The van der Waals surface area contributed by atoms with Crippen molar-refractivity contribution in [2.75, 3.05) is 18.4 Å². The summed E-state index contributed by atoms with van der Waals surface area (Å²) in [7, 11) is 0. The summed E-state index contributed by atoms with van der Waals surface area (Å²) >= 11 is 0. The van der Waals surface area contributed by atoms with Gasteiger partial charge in [-0.3, -0.25) is 14.9 Å². The summed E-state index contributed by atoms with van der Waals surface area (Å²) in [5.41, 5.74) is 0.285. The molecule has 0 aliphatic heterocycles. The Labute approximate surface area is 116 Å². The fraction of sp³-hybridized carbons (Fsp3) is 0.385. The monoisotopic (exact) mass is 276 g/mol. The molecule has 2 N–H and O–H groups in total. The maximum atomic E-state index is 11.4. The molecule has 0 atom stereocenters. The van der Waals surface area contributed by atoms with Crippen LogP contribution in [0.3, 0.4) is 0 Å². The summed E-state index contributed by atoms with van der Waals surface area (Å²) in [6.07, 6.45) is 1.16. The summed E-state index contributed by atoms with van der Waals surface area (Å²) in [6, 6.07) is 6.03. The van der Waals surface area contributed by atoms with Crippen LogP contribution in [0.25, 0.3) is 0 Å². The van der Waals surface area contributed by atoms with E-state index < -0.39 is 4.92 Å². The highest BCUT2D eigenvalue weighted by Gasteiger charge is 2.14. The van der Waals surface area contributed by atoms with Crippen molar-refractivity contribution in [3.63, 3.8) is 0 Å². The number of amides is 1. The van der Waals surface area contributed by atoms with E-state index in [1.165, 1.54) is 12.1 Å². The minimum absolute atomic E-state index is 0.0150. The van der Waals surface area contributed by atoms with Gasteiger partial charge in [-0.2, -0.15) is 5.26 Å². The van der Waals surface area contributed by atoms with E-state index in [4.69, 9.17) is 5.26 Å². The SMILES string of the molecule is CCCNC(=O)CCNc1ccc(C#N)c([N+](=O)[O-])c1. The highest BCUT2D eigenvalue weighted by Crippen LogP contribution is 2.22. The van der Waals surface area contributed by atoms with Crippen molar-refractivity contribution in [1.29, 1.82) is 5.26 Å². The normalized spacial score (nSPS) is 9.60. The third-order valence-electron chi connectivity index (χ3n) is 2.57. The number of nitriles is 1. The third kappa shape index (κ3) is 4.57. The van der Waals surface area contributed by atoms with Gasteiger partial charge in [0, 0.05) is 31.3 Å². The number of hydrogen-bond donors (Lipinski definition) is 2. The van der Waals surface area contributed by atoms with E-state index in [0.717, 1.165) is 6.42 Å². The predicted octanol–water partition coefficient (Wildman–Crippen LogP) is 1.79. The van der Waals surface area contributed by atoms with Crippen LogP contribution in [-0.4, -0.2) is 23.9 Å². The van der Waals surface area contributed by atoms with Gasteiger partial charge in [0.1, 0.15) is 11.6 Å². The zero-order valence-corrected chi connectivity index (χ0v) is 11.2. The predicted molar refractivity (Wildman–Crippen MR) is 74.2 cm³/mol. The molecule has 0 saturated heterocycles. The third-order valence-corrected chi connectivity index (χ3v) is 2.57. The summed E-state index contributed by atoms with van der Waals surface area (Å²) in [5, 5.41) is 25.2. The van der Waals surface area contributed by atoms with Gasteiger partial charge in [-0.25, -0.2) is 0 Å². The van der Waals surface area contributed by atoms with E-state index in [1.54, 1.807) is 12.1 Å². The van der Waals surface area contributed by atoms with Crippen molar-refractivity contribution < 1.29 is 9.72 Å². The van der Waals surface area contributed by atoms with Gasteiger partial charge >= 0.3 is 0 Å². The first-order chi connectivity index (χ1) is 9.58. The molecule has 1 aromatic carbocycles. The lowest BCUT2D eigenvalue weighted by Gasteiger charge is -2.07. The van der Waals surface area contributed by atoms with E-state index in [0.29, 0.717) is 18.8 Å². The molecule has 0 heterocycles. The van der Waals surface area contributed by atoms with E-state index in [9.17, 15) is 14.9 Å². The van der Waals surface area contributed by atoms with Crippen LogP contribution in [0.5, 0.6) is 0 Å². The first-order valence-electron chi connectivity index (χ1n) is 6.27. The Hall–Kier alpha value is -2.62. The Balaban J connectivity index is 2.57. The average molecular weight is 276 g/mol. The second-order valence-corrected chi connectivity index (χ2v) is 4.13. The molecule has 0 fully saturated rings. The molecule has 106 valence electrons. The van der Waals surface area contributed by atoms with E-state index in [-0.39, 0.29) is 23.6 Å². The molecular formula is C13H16N4O3. The highest BCUT2D eigenvalue weighted by atomic mass is 16.6. The zero-order chi connectivity index (χ0) is 15.0. The molecule has 0 unspecified atom stereocenters. The number of nitro benzene ring substituents is 1. The molecule has 20 heavy (non-hydrogen) atoms. The Morgan fingerprint density at radius 2 is 2.20 bits per heavy atom. The van der Waals surface area contributed by atoms with Gasteiger partial charge in [0.15, 0.2) is 0 Å². The van der Waals surface area contributed by atoms with Crippen molar-refractivity contribution in [2.24, 2.45) is 0 Å². The van der Waals surface area contributed by atoms with E-state index in [1.807, 2.05) is 6.92 Å². The molecule has 0 aliphatic rings. The van der Waals surface area contributed by atoms with Crippen molar-refractivity contribution in [1.82, 2.24) is 5.32 Å². The van der Waals surface area contributed by atoms with Gasteiger partial charge in [-0.1, -0.05) is 6.92 Å². The maximum Gasteiger partial charge on any atom is 0.289 e. The van der Waals surface area contributed by atoms with Crippen molar-refractivity contribution in [3.8, 4) is 6.07 Å². The molecule has 0 radical (unpaired) electrons. The number of nitro groups is 1. The molecule has 1 amide bonds. The largest absolute Gasteiger partial charge is 0.384 e. The highest BCUT2D eigenvalue weighted by molar-refractivity contribution is 5.76. The van der Waals surface area contributed by atoms with Crippen molar-refractivity contribution >= 4 is 17.3 Å². The second-order valence-electron chi connectivity index (χ2n) is 4.13. The summed E-state index contributed by atoms with van der Waals surface area (Å²) in [6.45, 7) is 2.98. The number of nitrogens with zero attached hydrogens (tertiary/aromatic N) is 2. The van der Waals surface area contributed by atoms with Crippen molar-refractivity contribution in [3.05, 3.63) is 33.9 Å². The number of nitrogens with one attached hydrogen (secondary N) is 2. The molecule has 7 heteroatoms. The summed E-state index contributed by atoms with van der Waals surface area (Å²) in [4.78, 5) is 21.6. The number of rotatable bonds is 7. The quantitative estimate of drug-likeness (QED) is 0.583. The number of anilines is 1. The topological polar surface area (TPSA) is 108 Å². The lowest BCUT2D eigenvalue weighted by atomic mass is 10.2. The van der Waals surface area contributed by atoms with Crippen LogP contribution in [-0.2, 0) is 4.79 Å². The molecule has 1 rings (SSSR count). The number of carbonyl (C=O) groups is 1. The molecule has 0 spiro atoms. The van der Waals surface area contributed by atoms with Gasteiger partial charge in [0.25, 0.3) is 5.69 Å². The van der Waals surface area contributed by atoms with Gasteiger partial charge in [-0.05, 0) is 18.6 Å². The molecular weight excluding hydrogens is 260 g/mol. The maximum absolute atomic E-state index is 11.4. The zero-order valence-electron chi connectivity index (χ0n) is 11.2. The summed E-state index contributed by atoms with van der Waals surface area (Å²) < 4.78 is 0. The molecule has 0 aromatic heterocycles. The minimum Gasteiger partial charge on any atom is -0.384 e. The first kappa shape index (κ1) is 15.4. The van der Waals surface area contributed by atoms with Crippen LogP contribution >= 0.6 is 0 Å². The lowest BCUT2D eigenvalue weighted by molar-refractivity contribution is -0.385.